The van der Waals surface area contributed by atoms with E-state index in [1.165, 1.54) is 16.9 Å². The van der Waals surface area contributed by atoms with Crippen molar-refractivity contribution in [2.75, 3.05) is 11.9 Å². The molecule has 0 spiro atoms. The summed E-state index contributed by atoms with van der Waals surface area (Å²) in [5, 5.41) is 14.1. The molecule has 5 nitrogen and oxygen atoms in total. The molecular weight excluding hydrogens is 366 g/mol. The van der Waals surface area contributed by atoms with Gasteiger partial charge in [-0.15, -0.1) is 21.5 Å². The number of nitrogens with one attached hydrogen (secondary N) is 1. The van der Waals surface area contributed by atoms with Gasteiger partial charge in [-0.25, -0.2) is 0 Å². The Labute approximate surface area is 161 Å². The molecule has 0 saturated carbocycles. The Morgan fingerprint density at radius 2 is 2.04 bits per heavy atom. The van der Waals surface area contributed by atoms with Gasteiger partial charge in [-0.05, 0) is 35.4 Å². The highest BCUT2D eigenvalue weighted by molar-refractivity contribution is 7.23. The molecule has 1 N–H and O–H groups in total. The van der Waals surface area contributed by atoms with Gasteiger partial charge >= 0.3 is 0 Å². The molecule has 26 heavy (non-hydrogen) atoms. The van der Waals surface area contributed by atoms with E-state index >= 15 is 0 Å². The summed E-state index contributed by atoms with van der Waals surface area (Å²) in [7, 11) is 0. The lowest BCUT2D eigenvalue weighted by atomic mass is 9.85. The Balaban J connectivity index is 1.63. The van der Waals surface area contributed by atoms with E-state index in [1.807, 2.05) is 36.6 Å². The molecule has 0 aliphatic heterocycles. The number of nitrogens with zero attached hydrogens (tertiary/aromatic N) is 2. The van der Waals surface area contributed by atoms with Crippen molar-refractivity contribution in [2.45, 2.75) is 33.1 Å². The van der Waals surface area contributed by atoms with Crippen LogP contribution in [-0.2, 0) is 10.2 Å². The number of ether oxygens (including phenoxy) is 1. The molecule has 7 heteroatoms. The number of amides is 1. The van der Waals surface area contributed by atoms with Crippen molar-refractivity contribution >= 4 is 33.7 Å². The monoisotopic (exact) mass is 387 g/mol. The smallest absolute Gasteiger partial charge is 0.264 e. The molecule has 1 aromatic carbocycles. The van der Waals surface area contributed by atoms with Crippen LogP contribution in [-0.4, -0.2) is 22.7 Å². The SMILES string of the molecule is Cc1ccc(OCC(=O)Nc2nnc(-c3cccs3)s2)c(C(C)(C)C)c1. The van der Waals surface area contributed by atoms with Gasteiger partial charge in [0.1, 0.15) is 5.75 Å². The minimum absolute atomic E-state index is 0.0628. The maximum Gasteiger partial charge on any atom is 0.264 e. The molecule has 136 valence electrons. The third-order valence-electron chi connectivity index (χ3n) is 3.71. The molecule has 3 aromatic rings. The van der Waals surface area contributed by atoms with Gasteiger partial charge in [0.05, 0.1) is 4.88 Å². The Kier molecular flexibility index (Phi) is 5.38. The molecule has 0 fully saturated rings. The first-order valence-corrected chi connectivity index (χ1v) is 9.94. The van der Waals surface area contributed by atoms with E-state index < -0.39 is 0 Å². The van der Waals surface area contributed by atoms with Gasteiger partial charge in [-0.1, -0.05) is 55.9 Å². The van der Waals surface area contributed by atoms with Crippen molar-refractivity contribution in [3.63, 3.8) is 0 Å². The molecule has 0 aliphatic carbocycles. The average Bonchev–Trinajstić information content (AvgIpc) is 3.24. The number of benzene rings is 1. The fourth-order valence-corrected chi connectivity index (χ4v) is 3.98. The maximum atomic E-state index is 12.2. The highest BCUT2D eigenvalue weighted by Crippen LogP contribution is 2.32. The van der Waals surface area contributed by atoms with Crippen LogP contribution in [0.2, 0.25) is 0 Å². The number of aromatic nitrogens is 2. The van der Waals surface area contributed by atoms with Crippen molar-refractivity contribution in [1.29, 1.82) is 0 Å². The van der Waals surface area contributed by atoms with Crippen LogP contribution in [0, 0.1) is 6.92 Å². The van der Waals surface area contributed by atoms with Gasteiger partial charge in [0, 0.05) is 0 Å². The predicted molar refractivity (Wildman–Crippen MR) is 107 cm³/mol. The zero-order valence-electron chi connectivity index (χ0n) is 15.2. The van der Waals surface area contributed by atoms with Crippen molar-refractivity contribution < 1.29 is 9.53 Å². The van der Waals surface area contributed by atoms with Crippen molar-refractivity contribution in [2.24, 2.45) is 0 Å². The summed E-state index contributed by atoms with van der Waals surface area (Å²) >= 11 is 2.94. The molecule has 0 aliphatic rings. The van der Waals surface area contributed by atoms with E-state index in [0.29, 0.717) is 5.13 Å². The first-order valence-electron chi connectivity index (χ1n) is 8.24. The van der Waals surface area contributed by atoms with Crippen molar-refractivity contribution in [3.05, 3.63) is 46.8 Å². The fourth-order valence-electron chi connectivity index (χ4n) is 2.43. The quantitative estimate of drug-likeness (QED) is 0.677. The van der Waals surface area contributed by atoms with Gasteiger partial charge in [-0.3, -0.25) is 10.1 Å². The number of hydrogen-bond acceptors (Lipinski definition) is 6. The van der Waals surface area contributed by atoms with Crippen molar-refractivity contribution in [3.8, 4) is 15.6 Å². The van der Waals surface area contributed by atoms with Gasteiger partial charge in [0.15, 0.2) is 11.6 Å². The maximum absolute atomic E-state index is 12.2. The van der Waals surface area contributed by atoms with Crippen LogP contribution in [0.4, 0.5) is 5.13 Å². The second-order valence-corrected chi connectivity index (χ2v) is 8.90. The van der Waals surface area contributed by atoms with Crippen LogP contribution in [0.3, 0.4) is 0 Å². The Morgan fingerprint density at radius 1 is 1.23 bits per heavy atom. The lowest BCUT2D eigenvalue weighted by Gasteiger charge is -2.23. The lowest BCUT2D eigenvalue weighted by molar-refractivity contribution is -0.118. The summed E-state index contributed by atoms with van der Waals surface area (Å²) in [4.78, 5) is 13.3. The third kappa shape index (κ3) is 4.47. The highest BCUT2D eigenvalue weighted by atomic mass is 32.1. The number of thiophene rings is 1. The molecule has 3 rings (SSSR count). The second kappa shape index (κ2) is 7.55. The molecule has 0 saturated heterocycles. The summed E-state index contributed by atoms with van der Waals surface area (Å²) in [6.45, 7) is 8.36. The molecule has 0 atom stereocenters. The van der Waals surface area contributed by atoms with E-state index in [-0.39, 0.29) is 17.9 Å². The fraction of sp³-hybridized carbons (Fsp3) is 0.316. The van der Waals surface area contributed by atoms with Crippen LogP contribution in [0.25, 0.3) is 9.88 Å². The zero-order valence-corrected chi connectivity index (χ0v) is 16.8. The van der Waals surface area contributed by atoms with Crippen LogP contribution >= 0.6 is 22.7 Å². The Bertz CT molecular complexity index is 896. The van der Waals surface area contributed by atoms with Gasteiger partial charge in [0.25, 0.3) is 5.91 Å². The Morgan fingerprint density at radius 3 is 2.73 bits per heavy atom. The summed E-state index contributed by atoms with van der Waals surface area (Å²) in [6.07, 6.45) is 0. The molecule has 0 radical (unpaired) electrons. The molecule has 0 bridgehead atoms. The van der Waals surface area contributed by atoms with Crippen LogP contribution < -0.4 is 10.1 Å². The lowest BCUT2D eigenvalue weighted by Crippen LogP contribution is -2.22. The normalized spacial score (nSPS) is 11.4. The topological polar surface area (TPSA) is 64.1 Å². The number of carbonyl (C=O) groups is 1. The molecule has 2 heterocycles. The minimum atomic E-state index is -0.251. The van der Waals surface area contributed by atoms with Gasteiger partial charge in [-0.2, -0.15) is 0 Å². The first kappa shape index (κ1) is 18.5. The number of hydrogen-bond donors (Lipinski definition) is 1. The summed E-state index contributed by atoms with van der Waals surface area (Å²) in [5.41, 5.74) is 2.19. The van der Waals surface area contributed by atoms with E-state index in [1.54, 1.807) is 11.3 Å². The zero-order chi connectivity index (χ0) is 18.7. The number of anilines is 1. The summed E-state index contributed by atoms with van der Waals surface area (Å²) in [5.74, 6) is 0.481. The Hall–Kier alpha value is -2.25. The standard InChI is InChI=1S/C19H21N3O2S2/c1-12-7-8-14(13(10-12)19(2,3)4)24-11-16(23)20-18-22-21-17(26-18)15-6-5-9-25-15/h5-10H,11H2,1-4H3,(H,20,22,23). The van der Waals surface area contributed by atoms with E-state index in [9.17, 15) is 4.79 Å². The number of aryl methyl sites for hydroxylation is 1. The third-order valence-corrected chi connectivity index (χ3v) is 5.58. The summed E-state index contributed by atoms with van der Waals surface area (Å²) < 4.78 is 5.78. The minimum Gasteiger partial charge on any atom is -0.483 e. The van der Waals surface area contributed by atoms with Crippen molar-refractivity contribution in [1.82, 2.24) is 10.2 Å². The molecule has 0 unspecified atom stereocenters. The molecular formula is C19H21N3O2S2. The van der Waals surface area contributed by atoms with Crippen LogP contribution in [0.15, 0.2) is 35.7 Å². The van der Waals surface area contributed by atoms with E-state index in [2.05, 4.69) is 42.4 Å². The predicted octanol–water partition coefficient (Wildman–Crippen LogP) is 4.89. The molecule has 1 amide bonds. The number of carbonyl (C=O) groups excluding carboxylic acids is 1. The van der Waals surface area contributed by atoms with E-state index in [0.717, 1.165) is 21.2 Å². The second-order valence-electron chi connectivity index (χ2n) is 6.98. The van der Waals surface area contributed by atoms with Gasteiger partial charge < -0.3 is 4.74 Å². The summed E-state index contributed by atoms with van der Waals surface area (Å²) in [6, 6.07) is 9.95. The largest absolute Gasteiger partial charge is 0.483 e. The average molecular weight is 388 g/mol. The van der Waals surface area contributed by atoms with Crippen LogP contribution in [0.1, 0.15) is 31.9 Å². The van der Waals surface area contributed by atoms with Gasteiger partial charge in [0.2, 0.25) is 5.13 Å². The first-order chi connectivity index (χ1) is 12.3. The van der Waals surface area contributed by atoms with Crippen LogP contribution in [0.5, 0.6) is 5.75 Å². The molecule has 2 aromatic heterocycles. The number of rotatable bonds is 5. The highest BCUT2D eigenvalue weighted by Gasteiger charge is 2.20. The van der Waals surface area contributed by atoms with E-state index in [4.69, 9.17) is 4.74 Å².